The first kappa shape index (κ1) is 18.3. The van der Waals surface area contributed by atoms with E-state index < -0.39 is 0 Å². The summed E-state index contributed by atoms with van der Waals surface area (Å²) in [5, 5.41) is 0.687. The van der Waals surface area contributed by atoms with Gasteiger partial charge >= 0.3 is 0 Å². The molecule has 0 bridgehead atoms. The summed E-state index contributed by atoms with van der Waals surface area (Å²) in [7, 11) is 7.20. The van der Waals surface area contributed by atoms with Crippen molar-refractivity contribution in [1.82, 2.24) is 0 Å². The molecule has 5 heteroatoms. The zero-order chi connectivity index (χ0) is 18.0. The van der Waals surface area contributed by atoms with Crippen molar-refractivity contribution in [2.45, 2.75) is 20.8 Å². The van der Waals surface area contributed by atoms with Crippen molar-refractivity contribution in [3.8, 4) is 17.2 Å². The number of carbonyl (C=O) groups excluding carboxylic acids is 1. The first-order chi connectivity index (χ1) is 11.3. The fourth-order valence-electron chi connectivity index (χ4n) is 3.05. The summed E-state index contributed by atoms with van der Waals surface area (Å²) in [6.45, 7) is 5.90. The standard InChI is InChI=1S/C19H23O4P/c1-10-7-11(2)15(12(3)8-10)17(20)16-13(21-4)9-14(22-5)19(24)18(16)23-6/h7-9H,24H2,1-6H3. The van der Waals surface area contributed by atoms with Gasteiger partial charge in [-0.3, -0.25) is 4.79 Å². The second-order valence-corrected chi connectivity index (χ2v) is 6.28. The molecule has 128 valence electrons. The first-order valence-electron chi connectivity index (χ1n) is 7.56. The van der Waals surface area contributed by atoms with E-state index in [4.69, 9.17) is 14.2 Å². The highest BCUT2D eigenvalue weighted by Crippen LogP contribution is 2.36. The van der Waals surface area contributed by atoms with Gasteiger partial charge in [0.05, 0.1) is 26.6 Å². The molecule has 4 nitrogen and oxygen atoms in total. The smallest absolute Gasteiger partial charge is 0.201 e. The second-order valence-electron chi connectivity index (χ2n) is 5.71. The second kappa shape index (κ2) is 7.23. The van der Waals surface area contributed by atoms with Gasteiger partial charge in [-0.25, -0.2) is 0 Å². The van der Waals surface area contributed by atoms with E-state index >= 15 is 0 Å². The van der Waals surface area contributed by atoms with Crippen LogP contribution in [0.5, 0.6) is 17.2 Å². The zero-order valence-electron chi connectivity index (χ0n) is 14.9. The third-order valence-electron chi connectivity index (χ3n) is 4.02. The maximum Gasteiger partial charge on any atom is 0.201 e. The highest BCUT2D eigenvalue weighted by molar-refractivity contribution is 7.28. The van der Waals surface area contributed by atoms with Crippen molar-refractivity contribution >= 4 is 20.3 Å². The Morgan fingerprint density at radius 2 is 1.38 bits per heavy atom. The molecule has 0 spiro atoms. The van der Waals surface area contributed by atoms with Gasteiger partial charge in [0.25, 0.3) is 0 Å². The molecular formula is C19H23O4P. The number of carbonyl (C=O) groups is 1. The number of ketones is 1. The number of hydrogen-bond donors (Lipinski definition) is 0. The maximum absolute atomic E-state index is 13.3. The zero-order valence-corrected chi connectivity index (χ0v) is 16.1. The van der Waals surface area contributed by atoms with Crippen LogP contribution in [0.1, 0.15) is 32.6 Å². The Bertz CT molecular complexity index is 773. The van der Waals surface area contributed by atoms with Gasteiger partial charge in [-0.05, 0) is 31.9 Å². The van der Waals surface area contributed by atoms with Crippen LogP contribution in [0, 0.1) is 20.8 Å². The van der Waals surface area contributed by atoms with Crippen LogP contribution < -0.4 is 19.5 Å². The van der Waals surface area contributed by atoms with Crippen LogP contribution in [0.4, 0.5) is 0 Å². The largest absolute Gasteiger partial charge is 0.496 e. The lowest BCUT2D eigenvalue weighted by molar-refractivity contribution is 0.103. The molecule has 2 aromatic rings. The Labute approximate surface area is 145 Å². The topological polar surface area (TPSA) is 44.8 Å². The van der Waals surface area contributed by atoms with Crippen LogP contribution in [-0.2, 0) is 0 Å². The Morgan fingerprint density at radius 3 is 1.83 bits per heavy atom. The fourth-order valence-corrected chi connectivity index (χ4v) is 3.51. The van der Waals surface area contributed by atoms with Crippen molar-refractivity contribution in [2.75, 3.05) is 21.3 Å². The lowest BCUT2D eigenvalue weighted by Crippen LogP contribution is -2.15. The van der Waals surface area contributed by atoms with Gasteiger partial charge in [0.15, 0.2) is 0 Å². The molecule has 0 aliphatic carbocycles. The summed E-state index contributed by atoms with van der Waals surface area (Å²) >= 11 is 0. The summed E-state index contributed by atoms with van der Waals surface area (Å²) in [6, 6.07) is 5.71. The number of rotatable bonds is 5. The Hall–Kier alpha value is -2.06. The summed E-state index contributed by atoms with van der Waals surface area (Å²) < 4.78 is 16.3. The van der Waals surface area contributed by atoms with Crippen LogP contribution in [0.15, 0.2) is 18.2 Å². The first-order valence-corrected chi connectivity index (χ1v) is 8.14. The number of aryl methyl sites for hydroxylation is 3. The molecule has 2 aromatic carbocycles. The highest BCUT2D eigenvalue weighted by Gasteiger charge is 2.26. The molecule has 0 saturated heterocycles. The minimum absolute atomic E-state index is 0.120. The van der Waals surface area contributed by atoms with E-state index in [9.17, 15) is 4.79 Å². The lowest BCUT2D eigenvalue weighted by atomic mass is 9.92. The molecule has 1 unspecified atom stereocenters. The van der Waals surface area contributed by atoms with Gasteiger partial charge in [-0.2, -0.15) is 0 Å². The molecule has 24 heavy (non-hydrogen) atoms. The van der Waals surface area contributed by atoms with Crippen LogP contribution in [-0.4, -0.2) is 27.1 Å². The minimum atomic E-state index is -0.120. The van der Waals surface area contributed by atoms with E-state index in [-0.39, 0.29) is 5.78 Å². The highest BCUT2D eigenvalue weighted by atomic mass is 31.0. The number of hydrogen-bond acceptors (Lipinski definition) is 4. The van der Waals surface area contributed by atoms with Crippen molar-refractivity contribution in [3.63, 3.8) is 0 Å². The molecule has 2 rings (SSSR count). The molecule has 0 N–H and O–H groups in total. The molecule has 0 amide bonds. The van der Waals surface area contributed by atoms with Gasteiger partial charge in [0.2, 0.25) is 5.78 Å². The Balaban J connectivity index is 2.77. The monoisotopic (exact) mass is 346 g/mol. The van der Waals surface area contributed by atoms with Crippen LogP contribution in [0.3, 0.4) is 0 Å². The Morgan fingerprint density at radius 1 is 0.833 bits per heavy atom. The molecule has 0 aliphatic heterocycles. The molecule has 0 saturated carbocycles. The van der Waals surface area contributed by atoms with Crippen LogP contribution >= 0.6 is 9.24 Å². The van der Waals surface area contributed by atoms with Crippen molar-refractivity contribution in [2.24, 2.45) is 0 Å². The number of benzene rings is 2. The van der Waals surface area contributed by atoms with Gasteiger partial charge < -0.3 is 14.2 Å². The third-order valence-corrected chi connectivity index (χ3v) is 4.57. The summed E-state index contributed by atoms with van der Waals surface area (Å²) in [4.78, 5) is 13.3. The van der Waals surface area contributed by atoms with Crippen molar-refractivity contribution < 1.29 is 19.0 Å². The van der Waals surface area contributed by atoms with E-state index in [0.717, 1.165) is 16.7 Å². The van der Waals surface area contributed by atoms with Gasteiger partial charge in [0.1, 0.15) is 22.8 Å². The molecule has 0 radical (unpaired) electrons. The molecule has 0 aromatic heterocycles. The van der Waals surface area contributed by atoms with Gasteiger partial charge in [-0.1, -0.05) is 26.9 Å². The van der Waals surface area contributed by atoms with Crippen LogP contribution in [0.25, 0.3) is 0 Å². The third kappa shape index (κ3) is 3.11. The molecule has 1 atom stereocenters. The lowest BCUT2D eigenvalue weighted by Gasteiger charge is -2.19. The minimum Gasteiger partial charge on any atom is -0.496 e. The van der Waals surface area contributed by atoms with E-state index in [1.165, 1.54) is 14.2 Å². The van der Waals surface area contributed by atoms with Crippen molar-refractivity contribution in [1.29, 1.82) is 0 Å². The fraction of sp³-hybridized carbons (Fsp3) is 0.316. The molecular weight excluding hydrogens is 323 g/mol. The normalized spacial score (nSPS) is 10.5. The maximum atomic E-state index is 13.3. The summed E-state index contributed by atoms with van der Waals surface area (Å²) in [5.41, 5.74) is 4.07. The average molecular weight is 346 g/mol. The van der Waals surface area contributed by atoms with Gasteiger partial charge in [0, 0.05) is 11.6 Å². The van der Waals surface area contributed by atoms with E-state index in [0.29, 0.717) is 33.7 Å². The Kier molecular flexibility index (Phi) is 5.51. The molecule has 0 aliphatic rings. The van der Waals surface area contributed by atoms with E-state index in [1.54, 1.807) is 13.2 Å². The average Bonchev–Trinajstić information content (AvgIpc) is 2.53. The van der Waals surface area contributed by atoms with Crippen molar-refractivity contribution in [3.05, 3.63) is 46.0 Å². The predicted octanol–water partition coefficient (Wildman–Crippen LogP) is 3.37. The number of ether oxygens (including phenoxy) is 3. The predicted molar refractivity (Wildman–Crippen MR) is 99.5 cm³/mol. The molecule has 0 fully saturated rings. The number of methoxy groups -OCH3 is 3. The van der Waals surface area contributed by atoms with Crippen LogP contribution in [0.2, 0.25) is 0 Å². The summed E-state index contributed by atoms with van der Waals surface area (Å²) in [5.74, 6) is 1.34. The summed E-state index contributed by atoms with van der Waals surface area (Å²) in [6.07, 6.45) is 0. The van der Waals surface area contributed by atoms with E-state index in [2.05, 4.69) is 9.24 Å². The molecule has 0 heterocycles. The van der Waals surface area contributed by atoms with E-state index in [1.807, 2.05) is 32.9 Å². The SMILES string of the molecule is COc1cc(OC)c(C(=O)c2c(C)cc(C)cc2C)c(OC)c1P. The quantitative estimate of drug-likeness (QED) is 0.615. The van der Waals surface area contributed by atoms with Gasteiger partial charge in [-0.15, -0.1) is 0 Å².